The van der Waals surface area contributed by atoms with Gasteiger partial charge in [-0.1, -0.05) is 36.5 Å². The number of carbonyl (C=O) groups excluding carboxylic acids is 2. The Morgan fingerprint density at radius 3 is 2.82 bits per heavy atom. The number of aryl methyl sites for hydroxylation is 1. The predicted molar refractivity (Wildman–Crippen MR) is 97.9 cm³/mol. The normalized spacial score (nSPS) is 17.2. The van der Waals surface area contributed by atoms with Gasteiger partial charge < -0.3 is 5.32 Å². The molecule has 1 aromatic carbocycles. The summed E-state index contributed by atoms with van der Waals surface area (Å²) >= 11 is 1.33. The van der Waals surface area contributed by atoms with E-state index < -0.39 is 17.7 Å². The van der Waals surface area contributed by atoms with Crippen LogP contribution in [0.25, 0.3) is 0 Å². The lowest BCUT2D eigenvalue weighted by Gasteiger charge is -2.13. The van der Waals surface area contributed by atoms with Crippen molar-refractivity contribution in [2.75, 3.05) is 18.0 Å². The number of carbonyl (C=O) groups is 2. The van der Waals surface area contributed by atoms with E-state index in [1.165, 1.54) is 22.3 Å². The molecule has 1 aliphatic heterocycles. The maximum Gasteiger partial charge on any atom is 0.416 e. The van der Waals surface area contributed by atoms with E-state index in [-0.39, 0.29) is 37.7 Å². The van der Waals surface area contributed by atoms with E-state index in [0.717, 1.165) is 23.6 Å². The van der Waals surface area contributed by atoms with E-state index in [1.807, 2.05) is 6.92 Å². The number of hydrogen-bond acceptors (Lipinski definition) is 5. The third kappa shape index (κ3) is 4.67. The first-order valence-corrected chi connectivity index (χ1v) is 9.66. The third-order valence-corrected chi connectivity index (χ3v) is 5.54. The van der Waals surface area contributed by atoms with E-state index in [4.69, 9.17) is 0 Å². The van der Waals surface area contributed by atoms with Crippen LogP contribution < -0.4 is 10.2 Å². The SMILES string of the molecule is CCc1nnc(N2CC(C(=O)NCCc3cccc(C(F)(F)F)c3)CC2=O)s1. The molecule has 28 heavy (non-hydrogen) atoms. The lowest BCUT2D eigenvalue weighted by molar-refractivity contribution is -0.137. The number of amides is 2. The Morgan fingerprint density at radius 1 is 1.36 bits per heavy atom. The van der Waals surface area contributed by atoms with E-state index in [2.05, 4.69) is 15.5 Å². The highest BCUT2D eigenvalue weighted by molar-refractivity contribution is 7.15. The van der Waals surface area contributed by atoms with Crippen molar-refractivity contribution >= 4 is 28.3 Å². The van der Waals surface area contributed by atoms with Crippen LogP contribution in [0.4, 0.5) is 18.3 Å². The van der Waals surface area contributed by atoms with Crippen molar-refractivity contribution in [1.82, 2.24) is 15.5 Å². The molecule has 0 radical (unpaired) electrons. The van der Waals surface area contributed by atoms with Gasteiger partial charge in [-0.2, -0.15) is 13.2 Å². The Labute approximate surface area is 163 Å². The molecule has 1 N–H and O–H groups in total. The molecule has 1 aromatic heterocycles. The van der Waals surface area contributed by atoms with E-state index in [9.17, 15) is 22.8 Å². The first kappa shape index (κ1) is 20.2. The largest absolute Gasteiger partial charge is 0.416 e. The van der Waals surface area contributed by atoms with Gasteiger partial charge >= 0.3 is 6.18 Å². The number of halogens is 3. The summed E-state index contributed by atoms with van der Waals surface area (Å²) in [4.78, 5) is 26.0. The Morgan fingerprint density at radius 2 is 2.14 bits per heavy atom. The summed E-state index contributed by atoms with van der Waals surface area (Å²) < 4.78 is 38.2. The second-order valence-corrected chi connectivity index (χ2v) is 7.52. The van der Waals surface area contributed by atoms with Crippen molar-refractivity contribution in [1.29, 1.82) is 0 Å². The fourth-order valence-corrected chi connectivity index (χ4v) is 3.75. The minimum Gasteiger partial charge on any atom is -0.355 e. The van der Waals surface area contributed by atoms with Crippen LogP contribution in [0.1, 0.15) is 29.5 Å². The minimum atomic E-state index is -4.39. The number of nitrogens with zero attached hydrogens (tertiary/aromatic N) is 3. The molecular formula is C18H19F3N4O2S. The molecule has 0 bridgehead atoms. The van der Waals surface area contributed by atoms with Gasteiger partial charge in [0.25, 0.3) is 0 Å². The molecule has 0 saturated carbocycles. The fraction of sp³-hybridized carbons (Fsp3) is 0.444. The Kier molecular flexibility index (Phi) is 5.97. The maximum atomic E-state index is 12.7. The van der Waals surface area contributed by atoms with Gasteiger partial charge in [-0.25, -0.2) is 0 Å². The van der Waals surface area contributed by atoms with E-state index >= 15 is 0 Å². The summed E-state index contributed by atoms with van der Waals surface area (Å²) in [5.41, 5.74) is -0.225. The van der Waals surface area contributed by atoms with Crippen LogP contribution in [0.15, 0.2) is 24.3 Å². The fourth-order valence-electron chi connectivity index (χ4n) is 2.94. The van der Waals surface area contributed by atoms with Gasteiger partial charge in [-0.15, -0.1) is 10.2 Å². The Bertz CT molecular complexity index is 869. The Hall–Kier alpha value is -2.49. The topological polar surface area (TPSA) is 75.2 Å². The zero-order valence-corrected chi connectivity index (χ0v) is 15.9. The highest BCUT2D eigenvalue weighted by atomic mass is 32.1. The van der Waals surface area contributed by atoms with Crippen LogP contribution in [0.3, 0.4) is 0 Å². The molecule has 10 heteroatoms. The van der Waals surface area contributed by atoms with Crippen molar-refractivity contribution < 1.29 is 22.8 Å². The monoisotopic (exact) mass is 412 g/mol. The molecule has 1 unspecified atom stereocenters. The summed E-state index contributed by atoms with van der Waals surface area (Å²) in [6.45, 7) is 2.37. The number of benzene rings is 1. The molecule has 1 fully saturated rings. The minimum absolute atomic E-state index is 0.0798. The number of rotatable bonds is 6. The number of hydrogen-bond donors (Lipinski definition) is 1. The molecular weight excluding hydrogens is 393 g/mol. The highest BCUT2D eigenvalue weighted by Gasteiger charge is 2.36. The molecule has 6 nitrogen and oxygen atoms in total. The van der Waals surface area contributed by atoms with Gasteiger partial charge in [0.05, 0.1) is 11.5 Å². The number of aromatic nitrogens is 2. The zero-order valence-electron chi connectivity index (χ0n) is 15.1. The average molecular weight is 412 g/mol. The molecule has 1 saturated heterocycles. The first-order valence-electron chi connectivity index (χ1n) is 8.84. The molecule has 2 heterocycles. The third-order valence-electron chi connectivity index (χ3n) is 4.45. The van der Waals surface area contributed by atoms with Crippen LogP contribution in [-0.4, -0.2) is 35.1 Å². The van der Waals surface area contributed by atoms with Gasteiger partial charge in [0, 0.05) is 19.5 Å². The summed E-state index contributed by atoms with van der Waals surface area (Å²) in [6, 6.07) is 5.02. The first-order chi connectivity index (χ1) is 13.3. The highest BCUT2D eigenvalue weighted by Crippen LogP contribution is 2.30. The second kappa shape index (κ2) is 8.26. The summed E-state index contributed by atoms with van der Waals surface area (Å²) in [7, 11) is 0. The van der Waals surface area contributed by atoms with Crippen molar-refractivity contribution in [3.8, 4) is 0 Å². The lowest BCUT2D eigenvalue weighted by Crippen LogP contribution is -2.34. The van der Waals surface area contributed by atoms with Gasteiger partial charge in [-0.05, 0) is 24.5 Å². The van der Waals surface area contributed by atoms with Crippen molar-refractivity contribution in [3.63, 3.8) is 0 Å². The molecule has 3 rings (SSSR count). The number of alkyl halides is 3. The average Bonchev–Trinajstić information content (AvgIpc) is 3.27. The predicted octanol–water partition coefficient (Wildman–Crippen LogP) is 2.83. The van der Waals surface area contributed by atoms with Gasteiger partial charge in [0.2, 0.25) is 16.9 Å². The quantitative estimate of drug-likeness (QED) is 0.792. The van der Waals surface area contributed by atoms with Crippen LogP contribution in [0, 0.1) is 5.92 Å². The maximum absolute atomic E-state index is 12.7. The molecule has 0 aliphatic carbocycles. The standard InChI is InChI=1S/C18H19F3N4O2S/c1-2-14-23-24-17(28-14)25-10-12(9-15(25)26)16(27)22-7-6-11-4-3-5-13(8-11)18(19,20)21/h3-5,8,12H,2,6-7,9-10H2,1H3,(H,22,27). The van der Waals surface area contributed by atoms with Gasteiger partial charge in [0.15, 0.2) is 0 Å². The van der Waals surface area contributed by atoms with Crippen LogP contribution >= 0.6 is 11.3 Å². The van der Waals surface area contributed by atoms with Crippen molar-refractivity contribution in [3.05, 3.63) is 40.4 Å². The number of anilines is 1. The zero-order chi connectivity index (χ0) is 20.3. The van der Waals surface area contributed by atoms with Crippen LogP contribution in [0.2, 0.25) is 0 Å². The van der Waals surface area contributed by atoms with E-state index in [1.54, 1.807) is 6.07 Å². The summed E-state index contributed by atoms with van der Waals surface area (Å²) in [5, 5.41) is 12.0. The summed E-state index contributed by atoms with van der Waals surface area (Å²) in [6.07, 6.45) is -3.32. The van der Waals surface area contributed by atoms with E-state index in [0.29, 0.717) is 10.7 Å². The number of nitrogens with one attached hydrogen (secondary N) is 1. The van der Waals surface area contributed by atoms with Crippen molar-refractivity contribution in [2.45, 2.75) is 32.4 Å². The van der Waals surface area contributed by atoms with Crippen molar-refractivity contribution in [2.24, 2.45) is 5.92 Å². The molecule has 150 valence electrons. The van der Waals surface area contributed by atoms with Gasteiger partial charge in [-0.3, -0.25) is 14.5 Å². The Balaban J connectivity index is 1.52. The lowest BCUT2D eigenvalue weighted by atomic mass is 10.1. The molecule has 1 aliphatic rings. The second-order valence-electron chi connectivity index (χ2n) is 6.48. The summed E-state index contributed by atoms with van der Waals surface area (Å²) in [5.74, 6) is -0.983. The van der Waals surface area contributed by atoms with Crippen LogP contribution in [0.5, 0.6) is 0 Å². The molecule has 1 atom stereocenters. The molecule has 2 aromatic rings. The van der Waals surface area contributed by atoms with Crippen LogP contribution in [-0.2, 0) is 28.6 Å². The molecule has 2 amide bonds. The van der Waals surface area contributed by atoms with Gasteiger partial charge in [0.1, 0.15) is 5.01 Å². The smallest absolute Gasteiger partial charge is 0.355 e. The molecule has 0 spiro atoms.